The number of rotatable bonds is 9. The van der Waals surface area contributed by atoms with Crippen molar-refractivity contribution < 1.29 is 19.0 Å². The Balaban J connectivity index is 1.65. The Bertz CT molecular complexity index is 1040. The molecule has 0 bridgehead atoms. The average Bonchev–Trinajstić information content (AvgIpc) is 2.83. The lowest BCUT2D eigenvalue weighted by atomic mass is 9.78. The predicted octanol–water partition coefficient (Wildman–Crippen LogP) is 4.86. The molecule has 0 unspecified atom stereocenters. The zero-order valence-corrected chi connectivity index (χ0v) is 23.3. The number of ether oxygens (including phenoxy) is 2. The second-order valence-electron chi connectivity index (χ2n) is 12.1. The molecule has 0 spiro atoms. The Hall–Kier alpha value is -2.10. The molecule has 4 rings (SSSR count). The first-order valence-corrected chi connectivity index (χ1v) is 13.6. The van der Waals surface area contributed by atoms with E-state index < -0.39 is 6.67 Å². The van der Waals surface area contributed by atoms with Crippen LogP contribution in [0.15, 0.2) is 12.4 Å². The molecule has 2 aromatic heterocycles. The van der Waals surface area contributed by atoms with Crippen LogP contribution in [-0.4, -0.2) is 81.2 Å². The first kappa shape index (κ1) is 27.9. The molecule has 0 amide bonds. The fourth-order valence-electron chi connectivity index (χ4n) is 6.38. The standard InChI is InChI=1S/C28H44FN5O3/c1-18(15-29)32-26-31-17-23-24(33-26)22(19-7-9-20(35)10-8-19)16-30-25(23)37-21-13-27(2,3)34(11-12-36-6)28(4,5)14-21/h16-21,35H,7-15H2,1-6H3,(H,31,32,33)/t18-,19?,20?/m0/s1. The predicted molar refractivity (Wildman–Crippen MR) is 144 cm³/mol. The van der Waals surface area contributed by atoms with Crippen molar-refractivity contribution in [3.63, 3.8) is 0 Å². The van der Waals surface area contributed by atoms with Crippen molar-refractivity contribution in [3.8, 4) is 5.88 Å². The number of aromatic nitrogens is 3. The molecule has 1 atom stereocenters. The number of likely N-dealkylation sites (tertiary alicyclic amines) is 1. The molecule has 0 radical (unpaired) electrons. The molecule has 0 aromatic carbocycles. The van der Waals surface area contributed by atoms with Crippen LogP contribution < -0.4 is 10.1 Å². The number of piperidine rings is 1. The van der Waals surface area contributed by atoms with Crippen LogP contribution in [0.5, 0.6) is 5.88 Å². The van der Waals surface area contributed by atoms with Crippen LogP contribution in [0.25, 0.3) is 10.9 Å². The molecule has 206 valence electrons. The molecular formula is C28H44FN5O3. The molecule has 2 aromatic rings. The molecule has 1 saturated carbocycles. The van der Waals surface area contributed by atoms with Gasteiger partial charge in [0.05, 0.1) is 29.7 Å². The van der Waals surface area contributed by atoms with Crippen molar-refractivity contribution in [1.29, 1.82) is 0 Å². The van der Waals surface area contributed by atoms with Crippen molar-refractivity contribution in [1.82, 2.24) is 19.9 Å². The van der Waals surface area contributed by atoms with Gasteiger partial charge in [-0.1, -0.05) is 0 Å². The number of halogens is 1. The van der Waals surface area contributed by atoms with E-state index in [2.05, 4.69) is 42.9 Å². The van der Waals surface area contributed by atoms with Crippen molar-refractivity contribution >= 4 is 16.9 Å². The fraction of sp³-hybridized carbons (Fsp3) is 0.750. The number of hydrogen-bond acceptors (Lipinski definition) is 8. The molecule has 2 aliphatic rings. The lowest BCUT2D eigenvalue weighted by Crippen LogP contribution is -2.63. The second-order valence-corrected chi connectivity index (χ2v) is 12.1. The Morgan fingerprint density at radius 2 is 1.78 bits per heavy atom. The van der Waals surface area contributed by atoms with Gasteiger partial charge < -0.3 is 19.9 Å². The number of anilines is 1. The van der Waals surface area contributed by atoms with E-state index in [1.807, 2.05) is 6.20 Å². The minimum atomic E-state index is -0.506. The number of nitrogens with one attached hydrogen (secondary N) is 1. The number of nitrogens with zero attached hydrogens (tertiary/aromatic N) is 4. The largest absolute Gasteiger partial charge is 0.474 e. The van der Waals surface area contributed by atoms with E-state index in [-0.39, 0.29) is 35.2 Å². The Labute approximate surface area is 220 Å². The Morgan fingerprint density at radius 1 is 1.11 bits per heavy atom. The van der Waals surface area contributed by atoms with E-state index in [0.717, 1.165) is 61.5 Å². The van der Waals surface area contributed by atoms with Crippen LogP contribution in [0.1, 0.15) is 84.6 Å². The lowest BCUT2D eigenvalue weighted by Gasteiger charge is -2.55. The molecule has 37 heavy (non-hydrogen) atoms. The minimum Gasteiger partial charge on any atom is -0.474 e. The van der Waals surface area contributed by atoms with Crippen molar-refractivity contribution in [2.24, 2.45) is 0 Å². The number of hydrogen-bond donors (Lipinski definition) is 2. The van der Waals surface area contributed by atoms with Crippen LogP contribution in [-0.2, 0) is 4.74 Å². The number of methoxy groups -OCH3 is 1. The summed E-state index contributed by atoms with van der Waals surface area (Å²) in [6.45, 7) is 11.9. The fourth-order valence-corrected chi connectivity index (χ4v) is 6.38. The van der Waals surface area contributed by atoms with Gasteiger partial charge in [-0.25, -0.2) is 19.3 Å². The van der Waals surface area contributed by atoms with E-state index in [1.54, 1.807) is 20.2 Å². The third kappa shape index (κ3) is 6.32. The normalized spacial score (nSPS) is 25.2. The van der Waals surface area contributed by atoms with Gasteiger partial charge in [-0.3, -0.25) is 4.90 Å². The SMILES string of the molecule is COCCN1C(C)(C)CC(Oc2ncc(C3CCC(O)CC3)c3nc(N[C@@H](C)CF)ncc23)CC1(C)C. The molecule has 1 saturated heterocycles. The summed E-state index contributed by atoms with van der Waals surface area (Å²) in [5.74, 6) is 1.21. The number of aliphatic hydroxyl groups is 1. The van der Waals surface area contributed by atoms with E-state index in [4.69, 9.17) is 19.4 Å². The summed E-state index contributed by atoms with van der Waals surface area (Å²) in [5, 5.41) is 13.8. The van der Waals surface area contributed by atoms with Crippen molar-refractivity contribution in [2.45, 2.75) is 108 Å². The van der Waals surface area contributed by atoms with E-state index in [1.165, 1.54) is 0 Å². The molecule has 1 aliphatic carbocycles. The molecule has 3 heterocycles. The third-order valence-electron chi connectivity index (χ3n) is 8.07. The smallest absolute Gasteiger partial charge is 0.224 e. The molecule has 1 aliphatic heterocycles. The van der Waals surface area contributed by atoms with Crippen molar-refractivity contribution in [3.05, 3.63) is 18.0 Å². The van der Waals surface area contributed by atoms with Crippen molar-refractivity contribution in [2.75, 3.05) is 32.3 Å². The number of alkyl halides is 1. The summed E-state index contributed by atoms with van der Waals surface area (Å²) in [4.78, 5) is 16.6. The number of pyridine rings is 1. The van der Waals surface area contributed by atoms with Crippen LogP contribution in [0.3, 0.4) is 0 Å². The highest BCUT2D eigenvalue weighted by Gasteiger charge is 2.46. The summed E-state index contributed by atoms with van der Waals surface area (Å²) < 4.78 is 25.2. The van der Waals surface area contributed by atoms with Gasteiger partial charge >= 0.3 is 0 Å². The monoisotopic (exact) mass is 517 g/mol. The van der Waals surface area contributed by atoms with Gasteiger partial charge in [-0.15, -0.1) is 0 Å². The maximum atomic E-state index is 13.2. The highest BCUT2D eigenvalue weighted by molar-refractivity contribution is 5.86. The molecule has 2 N–H and O–H groups in total. The van der Waals surface area contributed by atoms with E-state index >= 15 is 0 Å². The maximum Gasteiger partial charge on any atom is 0.224 e. The summed E-state index contributed by atoms with van der Waals surface area (Å²) >= 11 is 0. The van der Waals surface area contributed by atoms with Gasteiger partial charge in [0.25, 0.3) is 0 Å². The summed E-state index contributed by atoms with van der Waals surface area (Å²) in [7, 11) is 1.74. The number of fused-ring (bicyclic) bond motifs is 1. The Kier molecular flexibility index (Phi) is 8.55. The quantitative estimate of drug-likeness (QED) is 0.487. The van der Waals surface area contributed by atoms with Crippen LogP contribution >= 0.6 is 0 Å². The first-order chi connectivity index (χ1) is 17.5. The van der Waals surface area contributed by atoms with Crippen LogP contribution in [0.2, 0.25) is 0 Å². The van der Waals surface area contributed by atoms with Gasteiger partial charge in [-0.2, -0.15) is 0 Å². The third-order valence-corrected chi connectivity index (χ3v) is 8.07. The van der Waals surface area contributed by atoms with Gasteiger partial charge in [0.15, 0.2) is 0 Å². The highest BCUT2D eigenvalue weighted by Crippen LogP contribution is 2.42. The molecule has 9 heteroatoms. The summed E-state index contributed by atoms with van der Waals surface area (Å²) in [6.07, 6.45) is 8.41. The van der Waals surface area contributed by atoms with Crippen LogP contribution in [0, 0.1) is 0 Å². The zero-order chi connectivity index (χ0) is 26.8. The van der Waals surface area contributed by atoms with E-state index in [9.17, 15) is 9.50 Å². The molecule has 2 fully saturated rings. The van der Waals surface area contributed by atoms with Gasteiger partial charge in [0, 0.05) is 55.5 Å². The highest BCUT2D eigenvalue weighted by atomic mass is 19.1. The van der Waals surface area contributed by atoms with Gasteiger partial charge in [0.2, 0.25) is 11.8 Å². The summed E-state index contributed by atoms with van der Waals surface area (Å²) in [5.41, 5.74) is 1.70. The minimum absolute atomic E-state index is 0.0143. The summed E-state index contributed by atoms with van der Waals surface area (Å²) in [6, 6.07) is -0.379. The average molecular weight is 518 g/mol. The van der Waals surface area contributed by atoms with Crippen LogP contribution in [0.4, 0.5) is 10.3 Å². The topological polar surface area (TPSA) is 92.6 Å². The zero-order valence-electron chi connectivity index (χ0n) is 23.3. The maximum absolute atomic E-state index is 13.2. The Morgan fingerprint density at radius 3 is 2.41 bits per heavy atom. The lowest BCUT2D eigenvalue weighted by molar-refractivity contribution is -0.0815. The molecular weight excluding hydrogens is 473 g/mol. The first-order valence-electron chi connectivity index (χ1n) is 13.6. The second kappa shape index (κ2) is 11.3. The van der Waals surface area contributed by atoms with Gasteiger partial charge in [-0.05, 0) is 66.2 Å². The van der Waals surface area contributed by atoms with Gasteiger partial charge in [0.1, 0.15) is 12.8 Å². The molecule has 8 nitrogen and oxygen atoms in total. The van der Waals surface area contributed by atoms with E-state index in [0.29, 0.717) is 18.4 Å². The number of aliphatic hydroxyl groups excluding tert-OH is 1.